The van der Waals surface area contributed by atoms with Crippen LogP contribution in [-0.2, 0) is 4.74 Å². The quantitative estimate of drug-likeness (QED) is 0.787. The van der Waals surface area contributed by atoms with E-state index in [1.165, 1.54) is 12.8 Å². The van der Waals surface area contributed by atoms with E-state index in [-0.39, 0.29) is 18.7 Å². The van der Waals surface area contributed by atoms with Crippen molar-refractivity contribution < 1.29 is 14.6 Å². The summed E-state index contributed by atoms with van der Waals surface area (Å²) in [5, 5.41) is 12.8. The molecule has 2 aliphatic heterocycles. The first-order valence-corrected chi connectivity index (χ1v) is 6.86. The molecule has 5 nitrogen and oxygen atoms in total. The second-order valence-corrected chi connectivity index (χ2v) is 5.85. The average Bonchev–Trinajstić information content (AvgIpc) is 2.56. The molecule has 1 unspecified atom stereocenters. The Hall–Kier alpha value is -0.810. The lowest BCUT2D eigenvalue weighted by molar-refractivity contribution is 0.0481. The van der Waals surface area contributed by atoms with Gasteiger partial charge in [0.1, 0.15) is 5.60 Å². The van der Waals surface area contributed by atoms with Gasteiger partial charge in [-0.3, -0.25) is 4.90 Å². The van der Waals surface area contributed by atoms with Gasteiger partial charge in [0.15, 0.2) is 0 Å². The highest BCUT2D eigenvalue weighted by atomic mass is 16.6. The Morgan fingerprint density at radius 3 is 2.72 bits per heavy atom. The molecular weight excluding hydrogens is 232 g/mol. The van der Waals surface area contributed by atoms with Crippen molar-refractivity contribution >= 4 is 6.09 Å². The van der Waals surface area contributed by atoms with E-state index in [2.05, 4.69) is 5.32 Å². The van der Waals surface area contributed by atoms with Gasteiger partial charge in [-0.1, -0.05) is 0 Å². The average molecular weight is 256 g/mol. The van der Waals surface area contributed by atoms with Crippen LogP contribution in [0.5, 0.6) is 0 Å². The topological polar surface area (TPSA) is 61.8 Å². The molecular formula is C13H24N2O3. The maximum atomic E-state index is 11.8. The normalized spacial score (nSPS) is 28.5. The Kier molecular flexibility index (Phi) is 4.12. The molecule has 1 atom stereocenters. The van der Waals surface area contributed by atoms with E-state index in [0.717, 1.165) is 19.5 Å². The first kappa shape index (κ1) is 13.6. The fourth-order valence-electron chi connectivity index (χ4n) is 2.91. The number of nitrogens with one attached hydrogen (secondary N) is 1. The third kappa shape index (κ3) is 2.78. The lowest BCUT2D eigenvalue weighted by Gasteiger charge is -2.29. The van der Waals surface area contributed by atoms with Gasteiger partial charge < -0.3 is 15.2 Å². The molecule has 2 aliphatic rings. The molecule has 0 aromatic heterocycles. The van der Waals surface area contributed by atoms with Crippen molar-refractivity contribution in [3.8, 4) is 0 Å². The van der Waals surface area contributed by atoms with Crippen molar-refractivity contribution in [2.45, 2.75) is 44.8 Å². The largest absolute Gasteiger partial charge is 0.441 e. The molecule has 0 aliphatic carbocycles. The van der Waals surface area contributed by atoms with Gasteiger partial charge in [0.2, 0.25) is 0 Å². The third-order valence-electron chi connectivity index (χ3n) is 4.17. The van der Waals surface area contributed by atoms with Gasteiger partial charge >= 0.3 is 6.09 Å². The molecule has 0 aromatic carbocycles. The van der Waals surface area contributed by atoms with E-state index in [9.17, 15) is 9.90 Å². The van der Waals surface area contributed by atoms with E-state index >= 15 is 0 Å². The van der Waals surface area contributed by atoms with Crippen molar-refractivity contribution in [3.05, 3.63) is 0 Å². The summed E-state index contributed by atoms with van der Waals surface area (Å²) < 4.78 is 5.32. The summed E-state index contributed by atoms with van der Waals surface area (Å²) in [7, 11) is 0. The molecule has 5 heteroatoms. The molecule has 0 radical (unpaired) electrons. The summed E-state index contributed by atoms with van der Waals surface area (Å²) >= 11 is 0. The van der Waals surface area contributed by atoms with Crippen LogP contribution in [0.4, 0.5) is 4.79 Å². The number of piperidine rings is 1. The second kappa shape index (κ2) is 5.45. The predicted molar refractivity (Wildman–Crippen MR) is 68.4 cm³/mol. The number of nitrogens with zero attached hydrogens (tertiary/aromatic N) is 1. The molecule has 104 valence electrons. The number of amides is 1. The summed E-state index contributed by atoms with van der Waals surface area (Å²) in [6.07, 6.45) is 3.07. The lowest BCUT2D eigenvalue weighted by atomic mass is 9.93. The molecule has 2 saturated heterocycles. The first-order valence-electron chi connectivity index (χ1n) is 6.86. The lowest BCUT2D eigenvalue weighted by Crippen LogP contribution is -2.45. The van der Waals surface area contributed by atoms with Crippen molar-refractivity contribution in [2.75, 3.05) is 26.2 Å². The highest BCUT2D eigenvalue weighted by Crippen LogP contribution is 2.30. The van der Waals surface area contributed by atoms with Crippen molar-refractivity contribution in [1.82, 2.24) is 10.2 Å². The monoisotopic (exact) mass is 256 g/mol. The van der Waals surface area contributed by atoms with Crippen LogP contribution in [0.15, 0.2) is 0 Å². The van der Waals surface area contributed by atoms with Gasteiger partial charge in [-0.05, 0) is 52.1 Å². The van der Waals surface area contributed by atoms with Crippen LogP contribution < -0.4 is 5.32 Å². The fourth-order valence-corrected chi connectivity index (χ4v) is 2.91. The number of hydrogen-bond acceptors (Lipinski definition) is 4. The number of carbonyl (C=O) groups excluding carboxylic acids is 1. The zero-order valence-electron chi connectivity index (χ0n) is 11.3. The molecule has 18 heavy (non-hydrogen) atoms. The molecule has 0 spiro atoms. The van der Waals surface area contributed by atoms with Crippen LogP contribution in [-0.4, -0.2) is 54.0 Å². The van der Waals surface area contributed by atoms with Crippen LogP contribution in [0.1, 0.15) is 33.1 Å². The van der Waals surface area contributed by atoms with Gasteiger partial charge in [-0.15, -0.1) is 0 Å². The number of ether oxygens (including phenoxy) is 1. The minimum Gasteiger partial charge on any atom is -0.441 e. The van der Waals surface area contributed by atoms with E-state index in [0.29, 0.717) is 12.5 Å². The maximum absolute atomic E-state index is 11.8. The molecule has 1 amide bonds. The molecule has 2 rings (SSSR count). The first-order chi connectivity index (χ1) is 8.54. The van der Waals surface area contributed by atoms with Gasteiger partial charge in [-0.25, -0.2) is 4.79 Å². The number of carbonyl (C=O) groups is 1. The van der Waals surface area contributed by atoms with Crippen LogP contribution in [0.3, 0.4) is 0 Å². The van der Waals surface area contributed by atoms with Gasteiger partial charge in [0, 0.05) is 6.54 Å². The predicted octanol–water partition coefficient (Wildman–Crippen LogP) is 0.968. The molecule has 2 fully saturated rings. The summed E-state index contributed by atoms with van der Waals surface area (Å²) in [5.41, 5.74) is -0.583. The van der Waals surface area contributed by atoms with Gasteiger partial charge in [0.05, 0.1) is 12.6 Å². The molecule has 0 saturated carbocycles. The Bertz CT molecular complexity index is 301. The molecule has 2 N–H and O–H groups in total. The van der Waals surface area contributed by atoms with E-state index in [1.54, 1.807) is 4.90 Å². The number of hydrogen-bond donors (Lipinski definition) is 2. The Balaban J connectivity index is 1.89. The fraction of sp³-hybridized carbons (Fsp3) is 0.923. The minimum absolute atomic E-state index is 0.0367. The second-order valence-electron chi connectivity index (χ2n) is 5.85. The van der Waals surface area contributed by atoms with Gasteiger partial charge in [-0.2, -0.15) is 0 Å². The van der Waals surface area contributed by atoms with Gasteiger partial charge in [0.25, 0.3) is 0 Å². The Labute approximate surface area is 108 Å². The van der Waals surface area contributed by atoms with Crippen LogP contribution >= 0.6 is 0 Å². The van der Waals surface area contributed by atoms with Crippen LogP contribution in [0, 0.1) is 5.92 Å². The third-order valence-corrected chi connectivity index (χ3v) is 4.17. The van der Waals surface area contributed by atoms with E-state index < -0.39 is 5.60 Å². The SMILES string of the molecule is CC1(C)OC(=O)N(CCC2CCNCC2)C1CO. The number of cyclic esters (lactones) is 1. The smallest absolute Gasteiger partial charge is 0.410 e. The molecule has 0 bridgehead atoms. The maximum Gasteiger partial charge on any atom is 0.410 e. The zero-order chi connectivity index (χ0) is 13.2. The zero-order valence-corrected chi connectivity index (χ0v) is 11.3. The summed E-state index contributed by atoms with van der Waals surface area (Å²) in [4.78, 5) is 13.5. The van der Waals surface area contributed by atoms with E-state index in [4.69, 9.17) is 4.74 Å². The standard InChI is InChI=1S/C13H24N2O3/c1-13(2)11(9-16)15(12(17)18-13)8-5-10-3-6-14-7-4-10/h10-11,14,16H,3-9H2,1-2H3. The number of aliphatic hydroxyl groups excluding tert-OH is 1. The Morgan fingerprint density at radius 1 is 1.44 bits per heavy atom. The Morgan fingerprint density at radius 2 is 2.11 bits per heavy atom. The minimum atomic E-state index is -0.583. The van der Waals surface area contributed by atoms with Crippen molar-refractivity contribution in [1.29, 1.82) is 0 Å². The van der Waals surface area contributed by atoms with Crippen LogP contribution in [0.25, 0.3) is 0 Å². The van der Waals surface area contributed by atoms with Crippen LogP contribution in [0.2, 0.25) is 0 Å². The van der Waals surface area contributed by atoms with Crippen molar-refractivity contribution in [3.63, 3.8) is 0 Å². The summed E-state index contributed by atoms with van der Waals surface area (Å²) in [6, 6.07) is -0.216. The summed E-state index contributed by atoms with van der Waals surface area (Å²) in [6.45, 7) is 6.52. The van der Waals surface area contributed by atoms with E-state index in [1.807, 2.05) is 13.8 Å². The highest BCUT2D eigenvalue weighted by molar-refractivity contribution is 5.71. The summed E-state index contributed by atoms with van der Waals surface area (Å²) in [5.74, 6) is 0.683. The van der Waals surface area contributed by atoms with Crippen molar-refractivity contribution in [2.24, 2.45) is 5.92 Å². The highest BCUT2D eigenvalue weighted by Gasteiger charge is 2.47. The molecule has 0 aromatic rings. The number of rotatable bonds is 4. The number of aliphatic hydroxyl groups is 1. The molecule has 2 heterocycles.